The molecule has 0 aromatic heterocycles. The molecule has 1 atom stereocenters. The van der Waals surface area contributed by atoms with Crippen LogP contribution in [0.3, 0.4) is 0 Å². The normalized spacial score (nSPS) is 23.1. The van der Waals surface area contributed by atoms with Crippen LogP contribution in [0.2, 0.25) is 0 Å². The molecule has 24 heavy (non-hydrogen) atoms. The van der Waals surface area contributed by atoms with E-state index in [1.54, 1.807) is 13.8 Å². The highest BCUT2D eigenvalue weighted by Crippen LogP contribution is 2.40. The highest BCUT2D eigenvalue weighted by atomic mass is 32.2. The van der Waals surface area contributed by atoms with Crippen molar-refractivity contribution in [2.75, 3.05) is 6.54 Å². The van der Waals surface area contributed by atoms with E-state index in [1.807, 2.05) is 6.08 Å². The van der Waals surface area contributed by atoms with Gasteiger partial charge in [-0.05, 0) is 49.4 Å². The van der Waals surface area contributed by atoms with E-state index in [0.29, 0.717) is 22.8 Å². The molecule has 0 saturated carbocycles. The van der Waals surface area contributed by atoms with Crippen molar-refractivity contribution in [3.05, 3.63) is 47.4 Å². The number of thioether (sulfide) groups is 1. The zero-order chi connectivity index (χ0) is 17.3. The molecule has 2 aliphatic rings. The van der Waals surface area contributed by atoms with Crippen molar-refractivity contribution in [1.29, 1.82) is 0 Å². The van der Waals surface area contributed by atoms with Crippen molar-refractivity contribution in [2.45, 2.75) is 25.4 Å². The van der Waals surface area contributed by atoms with Crippen molar-refractivity contribution in [1.82, 2.24) is 16.2 Å². The van der Waals surface area contributed by atoms with Crippen LogP contribution in [0.4, 0.5) is 4.39 Å². The number of amides is 1. The topological polar surface area (TPSA) is 82.6 Å². The van der Waals surface area contributed by atoms with Crippen LogP contribution in [0.15, 0.2) is 41.0 Å². The summed E-state index contributed by atoms with van der Waals surface area (Å²) in [6, 6.07) is 5.14. The molecule has 1 unspecified atom stereocenters. The van der Waals surface area contributed by atoms with E-state index >= 15 is 0 Å². The molecule has 1 aromatic rings. The first-order valence-corrected chi connectivity index (χ1v) is 8.33. The standard InChI is InChI=1S/C16H17FN4O2S/c1-9(2)19-14(22)16(10-3-5-11(17)6-4-10)15(23)24-13(20-16)12-7-8-18-21-12/h3-7,9,18,21H,8H2,1-2H3,(H,19,22). The van der Waals surface area contributed by atoms with Crippen LogP contribution in [0, 0.1) is 5.82 Å². The minimum atomic E-state index is -1.71. The van der Waals surface area contributed by atoms with Crippen LogP contribution in [0.5, 0.6) is 0 Å². The SMILES string of the molecule is CC(C)NC(=O)C1(c2ccc(F)cc2)N=C(C2=CCNN2)SC1=O. The Balaban J connectivity index is 2.09. The van der Waals surface area contributed by atoms with Gasteiger partial charge in [-0.1, -0.05) is 12.1 Å². The van der Waals surface area contributed by atoms with E-state index in [0.717, 1.165) is 11.8 Å². The maximum atomic E-state index is 13.3. The molecule has 0 aliphatic carbocycles. The third-order valence-electron chi connectivity index (χ3n) is 3.63. The molecule has 126 valence electrons. The van der Waals surface area contributed by atoms with Gasteiger partial charge in [-0.2, -0.15) is 0 Å². The molecule has 8 heteroatoms. The van der Waals surface area contributed by atoms with E-state index < -0.39 is 22.4 Å². The predicted octanol–water partition coefficient (Wildman–Crippen LogP) is 1.21. The average Bonchev–Trinajstić information content (AvgIpc) is 3.15. The fourth-order valence-electron chi connectivity index (χ4n) is 2.50. The highest BCUT2D eigenvalue weighted by Gasteiger charge is 2.53. The maximum Gasteiger partial charge on any atom is 0.261 e. The molecular weight excluding hydrogens is 331 g/mol. The number of carbonyl (C=O) groups excluding carboxylic acids is 2. The summed E-state index contributed by atoms with van der Waals surface area (Å²) >= 11 is 0.910. The third kappa shape index (κ3) is 2.83. The van der Waals surface area contributed by atoms with Gasteiger partial charge < -0.3 is 10.7 Å². The fourth-order valence-corrected chi connectivity index (χ4v) is 3.51. The Labute approximate surface area is 143 Å². The number of nitrogens with one attached hydrogen (secondary N) is 3. The molecule has 0 fully saturated rings. The third-order valence-corrected chi connectivity index (χ3v) is 4.61. The predicted molar refractivity (Wildman–Crippen MR) is 90.6 cm³/mol. The Morgan fingerprint density at radius 2 is 2.08 bits per heavy atom. The lowest BCUT2D eigenvalue weighted by Gasteiger charge is -2.24. The summed E-state index contributed by atoms with van der Waals surface area (Å²) in [7, 11) is 0. The maximum absolute atomic E-state index is 13.3. The molecular formula is C16H17FN4O2S. The van der Waals surface area contributed by atoms with Crippen LogP contribution in [0.1, 0.15) is 19.4 Å². The average molecular weight is 348 g/mol. The van der Waals surface area contributed by atoms with Crippen LogP contribution in [0.25, 0.3) is 0 Å². The molecule has 1 amide bonds. The number of hydrogen-bond acceptors (Lipinski definition) is 6. The van der Waals surface area contributed by atoms with Gasteiger partial charge in [-0.3, -0.25) is 9.59 Å². The highest BCUT2D eigenvalue weighted by molar-refractivity contribution is 8.27. The lowest BCUT2D eigenvalue weighted by molar-refractivity contribution is -0.132. The second-order valence-corrected chi connectivity index (χ2v) is 6.74. The zero-order valence-electron chi connectivity index (χ0n) is 13.2. The Bertz CT molecular complexity index is 745. The van der Waals surface area contributed by atoms with Crippen molar-refractivity contribution < 1.29 is 14.0 Å². The molecule has 0 radical (unpaired) electrons. The summed E-state index contributed by atoms with van der Waals surface area (Å²) < 4.78 is 13.3. The molecule has 0 spiro atoms. The number of aliphatic imine (C=N–C) groups is 1. The van der Waals surface area contributed by atoms with E-state index in [-0.39, 0.29) is 6.04 Å². The van der Waals surface area contributed by atoms with Crippen LogP contribution < -0.4 is 16.2 Å². The Morgan fingerprint density at radius 3 is 2.67 bits per heavy atom. The Morgan fingerprint density at radius 1 is 1.38 bits per heavy atom. The Kier molecular flexibility index (Phi) is 4.42. The number of benzene rings is 1. The van der Waals surface area contributed by atoms with Crippen molar-refractivity contribution >= 4 is 27.8 Å². The van der Waals surface area contributed by atoms with Crippen LogP contribution in [-0.2, 0) is 15.1 Å². The van der Waals surface area contributed by atoms with Crippen LogP contribution in [-0.4, -0.2) is 28.7 Å². The summed E-state index contributed by atoms with van der Waals surface area (Å²) in [5, 5.41) is 2.78. The van der Waals surface area contributed by atoms with E-state index in [2.05, 4.69) is 21.2 Å². The number of nitrogens with zero attached hydrogens (tertiary/aromatic N) is 1. The number of carbonyl (C=O) groups is 2. The molecule has 6 nitrogen and oxygen atoms in total. The zero-order valence-corrected chi connectivity index (χ0v) is 14.0. The van der Waals surface area contributed by atoms with E-state index in [9.17, 15) is 14.0 Å². The molecule has 0 bridgehead atoms. The van der Waals surface area contributed by atoms with Gasteiger partial charge in [0.15, 0.2) is 0 Å². The van der Waals surface area contributed by atoms with Gasteiger partial charge in [0.1, 0.15) is 10.9 Å². The lowest BCUT2D eigenvalue weighted by Crippen LogP contribution is -2.48. The quantitative estimate of drug-likeness (QED) is 0.713. The number of halogens is 1. The summed E-state index contributed by atoms with van der Waals surface area (Å²) in [4.78, 5) is 30.1. The largest absolute Gasteiger partial charge is 0.351 e. The number of hydrogen-bond donors (Lipinski definition) is 3. The van der Waals surface area contributed by atoms with E-state index in [1.165, 1.54) is 24.3 Å². The summed E-state index contributed by atoms with van der Waals surface area (Å²) in [6.45, 7) is 4.21. The van der Waals surface area contributed by atoms with Gasteiger partial charge in [0.25, 0.3) is 5.91 Å². The number of hydrazine groups is 1. The molecule has 2 heterocycles. The summed E-state index contributed by atoms with van der Waals surface area (Å²) in [6.07, 6.45) is 1.85. The first-order chi connectivity index (χ1) is 11.4. The molecule has 1 aromatic carbocycles. The van der Waals surface area contributed by atoms with E-state index in [4.69, 9.17) is 0 Å². The lowest BCUT2D eigenvalue weighted by atomic mass is 9.90. The summed E-state index contributed by atoms with van der Waals surface area (Å²) in [5.41, 5.74) is 5.12. The summed E-state index contributed by atoms with van der Waals surface area (Å²) in [5.74, 6) is -0.951. The van der Waals surface area contributed by atoms with Gasteiger partial charge >= 0.3 is 0 Å². The van der Waals surface area contributed by atoms with Gasteiger partial charge in [0.2, 0.25) is 10.7 Å². The molecule has 2 aliphatic heterocycles. The second-order valence-electron chi connectivity index (χ2n) is 5.78. The van der Waals surface area contributed by atoms with Gasteiger partial charge in [0, 0.05) is 12.6 Å². The smallest absolute Gasteiger partial charge is 0.261 e. The first kappa shape index (κ1) is 16.7. The molecule has 3 rings (SSSR count). The molecule has 0 saturated heterocycles. The van der Waals surface area contributed by atoms with Gasteiger partial charge in [-0.25, -0.2) is 14.8 Å². The monoisotopic (exact) mass is 348 g/mol. The van der Waals surface area contributed by atoms with Gasteiger partial charge in [0.05, 0.1) is 5.70 Å². The van der Waals surface area contributed by atoms with Crippen molar-refractivity contribution in [2.24, 2.45) is 4.99 Å². The second kappa shape index (κ2) is 6.37. The van der Waals surface area contributed by atoms with Gasteiger partial charge in [-0.15, -0.1) is 0 Å². The number of rotatable bonds is 4. The minimum absolute atomic E-state index is 0.155. The minimum Gasteiger partial charge on any atom is -0.351 e. The van der Waals surface area contributed by atoms with Crippen molar-refractivity contribution in [3.8, 4) is 0 Å². The van der Waals surface area contributed by atoms with Crippen molar-refractivity contribution in [3.63, 3.8) is 0 Å². The molecule has 3 N–H and O–H groups in total. The van der Waals surface area contributed by atoms with Crippen LogP contribution >= 0.6 is 11.8 Å². The Hall–Kier alpha value is -2.19. The first-order valence-electron chi connectivity index (χ1n) is 7.52. The fraction of sp³-hybridized carbons (Fsp3) is 0.312.